The Kier molecular flexibility index (Phi) is 3.33. The van der Waals surface area contributed by atoms with Crippen molar-refractivity contribution >= 4 is 0 Å². The Morgan fingerprint density at radius 2 is 2.06 bits per heavy atom. The fourth-order valence-electron chi connectivity index (χ4n) is 2.20. The van der Waals surface area contributed by atoms with Gasteiger partial charge < -0.3 is 10.3 Å². The van der Waals surface area contributed by atoms with Crippen molar-refractivity contribution < 1.29 is 0 Å². The molecule has 0 unspecified atom stereocenters. The molecule has 0 amide bonds. The first-order valence-corrected chi connectivity index (χ1v) is 6.33. The van der Waals surface area contributed by atoms with Crippen LogP contribution in [0, 0.1) is 0 Å². The molecule has 2 rings (SSSR count). The maximum Gasteiger partial charge on any atom is 0.120 e. The average Bonchev–Trinajstić information content (AvgIpc) is 2.85. The van der Waals surface area contributed by atoms with Crippen LogP contribution in [0.4, 0.5) is 0 Å². The number of hydrogen-bond acceptors (Lipinski definition) is 2. The number of imidazole rings is 1. The van der Waals surface area contributed by atoms with Gasteiger partial charge in [0.2, 0.25) is 0 Å². The van der Waals surface area contributed by atoms with Gasteiger partial charge in [0.05, 0.1) is 6.54 Å². The monoisotopic (exact) mass is 221 g/mol. The first-order chi connectivity index (χ1) is 7.55. The summed E-state index contributed by atoms with van der Waals surface area (Å²) in [6, 6.07) is 0.711. The Hall–Kier alpha value is -0.830. The van der Waals surface area contributed by atoms with Crippen LogP contribution in [-0.4, -0.2) is 16.0 Å². The van der Waals surface area contributed by atoms with Gasteiger partial charge in [0, 0.05) is 23.3 Å². The van der Waals surface area contributed by atoms with E-state index in [1.807, 2.05) is 6.20 Å². The highest BCUT2D eigenvalue weighted by molar-refractivity contribution is 5.11. The molecule has 0 atom stereocenters. The van der Waals surface area contributed by atoms with Crippen LogP contribution in [0.2, 0.25) is 0 Å². The predicted octanol–water partition coefficient (Wildman–Crippen LogP) is 2.74. The highest BCUT2D eigenvalue weighted by Crippen LogP contribution is 2.20. The molecule has 1 saturated carbocycles. The van der Waals surface area contributed by atoms with Crippen molar-refractivity contribution in [3.05, 3.63) is 17.7 Å². The molecule has 1 aliphatic carbocycles. The second-order valence-electron chi connectivity index (χ2n) is 5.86. The quantitative estimate of drug-likeness (QED) is 0.824. The number of hydrogen-bond donors (Lipinski definition) is 2. The maximum atomic E-state index is 4.43. The molecule has 1 aliphatic rings. The largest absolute Gasteiger partial charge is 0.344 e. The van der Waals surface area contributed by atoms with E-state index in [1.54, 1.807) is 0 Å². The number of H-pyrrole nitrogens is 1. The number of aromatic amines is 1. The lowest BCUT2D eigenvalue weighted by atomic mass is 9.93. The van der Waals surface area contributed by atoms with Gasteiger partial charge in [-0.15, -0.1) is 0 Å². The third-order valence-corrected chi connectivity index (χ3v) is 3.35. The topological polar surface area (TPSA) is 40.7 Å². The molecule has 1 aromatic rings. The molecule has 0 aromatic carbocycles. The fourth-order valence-corrected chi connectivity index (χ4v) is 2.20. The molecule has 16 heavy (non-hydrogen) atoms. The lowest BCUT2D eigenvalue weighted by molar-refractivity contribution is 0.512. The van der Waals surface area contributed by atoms with Gasteiger partial charge in [-0.2, -0.15) is 0 Å². The van der Waals surface area contributed by atoms with E-state index in [-0.39, 0.29) is 5.41 Å². The van der Waals surface area contributed by atoms with Crippen molar-refractivity contribution in [2.45, 2.75) is 64.5 Å². The van der Waals surface area contributed by atoms with E-state index in [2.05, 4.69) is 36.1 Å². The summed E-state index contributed by atoms with van der Waals surface area (Å²) in [5, 5.41) is 3.57. The summed E-state index contributed by atoms with van der Waals surface area (Å²) in [7, 11) is 0. The van der Waals surface area contributed by atoms with E-state index in [4.69, 9.17) is 0 Å². The molecule has 0 aliphatic heterocycles. The van der Waals surface area contributed by atoms with Crippen molar-refractivity contribution in [1.29, 1.82) is 0 Å². The number of nitrogens with one attached hydrogen (secondary N) is 2. The van der Waals surface area contributed by atoms with Crippen molar-refractivity contribution in [2.24, 2.45) is 0 Å². The van der Waals surface area contributed by atoms with E-state index in [9.17, 15) is 0 Å². The predicted molar refractivity (Wildman–Crippen MR) is 66.4 cm³/mol. The minimum absolute atomic E-state index is 0.165. The van der Waals surface area contributed by atoms with Crippen LogP contribution in [0.15, 0.2) is 6.20 Å². The summed E-state index contributed by atoms with van der Waals surface area (Å²) in [6.07, 6.45) is 7.37. The summed E-state index contributed by atoms with van der Waals surface area (Å²) in [5.41, 5.74) is 1.38. The molecule has 0 radical (unpaired) electrons. The number of aromatic nitrogens is 2. The summed E-state index contributed by atoms with van der Waals surface area (Å²) in [5.74, 6) is 1.07. The molecule has 0 spiro atoms. The fraction of sp³-hybridized carbons (Fsp3) is 0.769. The van der Waals surface area contributed by atoms with E-state index in [0.717, 1.165) is 12.4 Å². The normalized spacial score (nSPS) is 18.2. The van der Waals surface area contributed by atoms with Crippen LogP contribution >= 0.6 is 0 Å². The second-order valence-corrected chi connectivity index (χ2v) is 5.86. The summed E-state index contributed by atoms with van der Waals surface area (Å²) < 4.78 is 0. The van der Waals surface area contributed by atoms with Crippen LogP contribution in [0.3, 0.4) is 0 Å². The van der Waals surface area contributed by atoms with Crippen LogP contribution in [0.25, 0.3) is 0 Å². The molecule has 90 valence electrons. The third kappa shape index (κ3) is 2.85. The first-order valence-electron chi connectivity index (χ1n) is 6.33. The van der Waals surface area contributed by atoms with Gasteiger partial charge in [0.25, 0.3) is 0 Å². The molecule has 0 bridgehead atoms. The molecule has 3 heteroatoms. The van der Waals surface area contributed by atoms with Gasteiger partial charge in [-0.3, -0.25) is 0 Å². The molecule has 3 nitrogen and oxygen atoms in total. The molecule has 0 saturated heterocycles. The molecule has 2 N–H and O–H groups in total. The zero-order valence-corrected chi connectivity index (χ0v) is 10.6. The Morgan fingerprint density at radius 1 is 1.38 bits per heavy atom. The Balaban J connectivity index is 1.87. The van der Waals surface area contributed by atoms with Crippen LogP contribution in [0.5, 0.6) is 0 Å². The van der Waals surface area contributed by atoms with Crippen LogP contribution in [0.1, 0.15) is 58.0 Å². The second kappa shape index (κ2) is 4.58. The first kappa shape index (κ1) is 11.6. The lowest BCUT2D eigenvalue weighted by Crippen LogP contribution is -2.25. The highest BCUT2D eigenvalue weighted by atomic mass is 15.0. The SMILES string of the molecule is CC(C)(C)c1cnc(CNC2CCCC2)[nH]1. The number of nitrogens with zero attached hydrogens (tertiary/aromatic N) is 1. The highest BCUT2D eigenvalue weighted by Gasteiger charge is 2.17. The van der Waals surface area contributed by atoms with Crippen molar-refractivity contribution in [1.82, 2.24) is 15.3 Å². The number of rotatable bonds is 3. The minimum Gasteiger partial charge on any atom is -0.344 e. The zero-order valence-electron chi connectivity index (χ0n) is 10.6. The molecule has 1 aromatic heterocycles. The molecule has 1 fully saturated rings. The van der Waals surface area contributed by atoms with Gasteiger partial charge in [0.1, 0.15) is 5.82 Å². The van der Waals surface area contributed by atoms with E-state index >= 15 is 0 Å². The van der Waals surface area contributed by atoms with E-state index in [1.165, 1.54) is 31.4 Å². The van der Waals surface area contributed by atoms with Crippen LogP contribution < -0.4 is 5.32 Å². The van der Waals surface area contributed by atoms with Crippen molar-refractivity contribution in [3.8, 4) is 0 Å². The minimum atomic E-state index is 0.165. The van der Waals surface area contributed by atoms with Gasteiger partial charge in [-0.25, -0.2) is 4.98 Å². The Morgan fingerprint density at radius 3 is 2.62 bits per heavy atom. The summed E-state index contributed by atoms with van der Waals surface area (Å²) in [4.78, 5) is 7.83. The van der Waals surface area contributed by atoms with Crippen LogP contribution in [-0.2, 0) is 12.0 Å². The van der Waals surface area contributed by atoms with E-state index < -0.39 is 0 Å². The third-order valence-electron chi connectivity index (χ3n) is 3.35. The standard InChI is InChI=1S/C13H23N3/c1-13(2,3)11-8-15-12(16-11)9-14-10-6-4-5-7-10/h8,10,14H,4-7,9H2,1-3H3,(H,15,16). The van der Waals surface area contributed by atoms with Gasteiger partial charge in [-0.1, -0.05) is 33.6 Å². The Labute approximate surface area is 98.1 Å². The summed E-state index contributed by atoms with van der Waals surface area (Å²) >= 11 is 0. The van der Waals surface area contributed by atoms with Crippen molar-refractivity contribution in [3.63, 3.8) is 0 Å². The average molecular weight is 221 g/mol. The smallest absolute Gasteiger partial charge is 0.120 e. The van der Waals surface area contributed by atoms with Gasteiger partial charge in [-0.05, 0) is 12.8 Å². The maximum absolute atomic E-state index is 4.43. The van der Waals surface area contributed by atoms with E-state index in [0.29, 0.717) is 6.04 Å². The molecule has 1 heterocycles. The summed E-state index contributed by atoms with van der Waals surface area (Å²) in [6.45, 7) is 7.48. The van der Waals surface area contributed by atoms with Gasteiger partial charge in [0.15, 0.2) is 0 Å². The lowest BCUT2D eigenvalue weighted by Gasteiger charge is -2.15. The zero-order chi connectivity index (χ0) is 11.6. The molecular formula is C13H23N3. The Bertz CT molecular complexity index is 329. The van der Waals surface area contributed by atoms with Crippen molar-refractivity contribution in [2.75, 3.05) is 0 Å². The molecular weight excluding hydrogens is 198 g/mol. The van der Waals surface area contributed by atoms with Gasteiger partial charge >= 0.3 is 0 Å².